The zero-order valence-electron chi connectivity index (χ0n) is 8.88. The molecule has 0 radical (unpaired) electrons. The molecule has 16 heavy (non-hydrogen) atoms. The second-order valence-corrected chi connectivity index (χ2v) is 3.46. The van der Waals surface area contributed by atoms with Gasteiger partial charge in [0.2, 0.25) is 0 Å². The van der Waals surface area contributed by atoms with E-state index >= 15 is 0 Å². The Hall–Kier alpha value is -1.93. The Labute approximate surface area is 94.9 Å². The van der Waals surface area contributed by atoms with Crippen LogP contribution in [0, 0.1) is 0 Å². The van der Waals surface area contributed by atoms with Crippen molar-refractivity contribution in [3.8, 4) is 0 Å². The highest BCUT2D eigenvalue weighted by atomic mass is 16.3. The zero-order chi connectivity index (χ0) is 11.2. The number of aliphatic hydroxyl groups excluding tert-OH is 1. The highest BCUT2D eigenvalue weighted by molar-refractivity contribution is 5.67. The minimum Gasteiger partial charge on any atom is -0.390 e. The maximum Gasteiger partial charge on any atom is 0.0853 e. The van der Waals surface area contributed by atoms with Crippen molar-refractivity contribution in [2.75, 3.05) is 0 Å². The van der Waals surface area contributed by atoms with Crippen LogP contribution in [0.2, 0.25) is 0 Å². The third-order valence-electron chi connectivity index (χ3n) is 2.24. The van der Waals surface area contributed by atoms with Gasteiger partial charge in [0, 0.05) is 0 Å². The molecule has 1 N–H and O–H groups in total. The van der Waals surface area contributed by atoms with Crippen LogP contribution in [0.3, 0.4) is 0 Å². The van der Waals surface area contributed by atoms with Gasteiger partial charge < -0.3 is 5.11 Å². The molecule has 1 aromatic heterocycles. The van der Waals surface area contributed by atoms with Crippen LogP contribution in [0.5, 0.6) is 0 Å². The lowest BCUT2D eigenvalue weighted by atomic mass is 10.2. The number of benzene rings is 1. The molecule has 80 valence electrons. The van der Waals surface area contributed by atoms with Gasteiger partial charge in [-0.05, 0) is 23.8 Å². The molecule has 0 aliphatic rings. The number of nitrogens with zero attached hydrogens (tertiary/aromatic N) is 1. The van der Waals surface area contributed by atoms with E-state index < -0.39 is 0 Å². The standard InChI is InChI=1S/C14H13NO/c16-11-14-8-4-7-13(15-14)10-9-12-5-2-1-3-6-12/h1-10,16H,11H2/b10-9-. The highest BCUT2D eigenvalue weighted by Gasteiger charge is 1.92. The van der Waals surface area contributed by atoms with E-state index in [0.717, 1.165) is 11.3 Å². The van der Waals surface area contributed by atoms with E-state index in [1.54, 1.807) is 6.07 Å². The molecule has 1 heterocycles. The predicted octanol–water partition coefficient (Wildman–Crippen LogP) is 2.74. The van der Waals surface area contributed by atoms with Gasteiger partial charge in [0.1, 0.15) is 0 Å². The van der Waals surface area contributed by atoms with Crippen LogP contribution in [0.25, 0.3) is 12.2 Å². The molecule has 0 unspecified atom stereocenters. The zero-order valence-corrected chi connectivity index (χ0v) is 8.88. The van der Waals surface area contributed by atoms with E-state index in [4.69, 9.17) is 5.11 Å². The van der Waals surface area contributed by atoms with Gasteiger partial charge in [-0.1, -0.05) is 42.5 Å². The summed E-state index contributed by atoms with van der Waals surface area (Å²) >= 11 is 0. The topological polar surface area (TPSA) is 33.1 Å². The largest absolute Gasteiger partial charge is 0.390 e. The van der Waals surface area contributed by atoms with E-state index in [0.29, 0.717) is 5.69 Å². The van der Waals surface area contributed by atoms with Gasteiger partial charge in [-0.15, -0.1) is 0 Å². The second-order valence-electron chi connectivity index (χ2n) is 3.46. The van der Waals surface area contributed by atoms with Gasteiger partial charge in [0.25, 0.3) is 0 Å². The van der Waals surface area contributed by atoms with Crippen LogP contribution < -0.4 is 0 Å². The van der Waals surface area contributed by atoms with Crippen LogP contribution in [0.4, 0.5) is 0 Å². The maximum absolute atomic E-state index is 8.96. The first-order valence-electron chi connectivity index (χ1n) is 5.18. The molecule has 2 nitrogen and oxygen atoms in total. The number of aliphatic hydroxyl groups is 1. The minimum absolute atomic E-state index is 0.0208. The Morgan fingerprint density at radius 2 is 1.75 bits per heavy atom. The maximum atomic E-state index is 8.96. The Bertz CT molecular complexity index is 477. The first kappa shape index (κ1) is 10.6. The minimum atomic E-state index is -0.0208. The molecule has 2 heteroatoms. The summed E-state index contributed by atoms with van der Waals surface area (Å²) in [5.74, 6) is 0. The molecule has 2 aromatic rings. The Morgan fingerprint density at radius 3 is 2.50 bits per heavy atom. The fourth-order valence-electron chi connectivity index (χ4n) is 1.42. The summed E-state index contributed by atoms with van der Waals surface area (Å²) in [6, 6.07) is 15.7. The lowest BCUT2D eigenvalue weighted by Gasteiger charge is -1.97. The van der Waals surface area contributed by atoms with Crippen LogP contribution >= 0.6 is 0 Å². The van der Waals surface area contributed by atoms with Crippen molar-refractivity contribution in [2.24, 2.45) is 0 Å². The van der Waals surface area contributed by atoms with Crippen molar-refractivity contribution in [3.05, 3.63) is 65.5 Å². The van der Waals surface area contributed by atoms with Gasteiger partial charge in [0.05, 0.1) is 18.0 Å². The summed E-state index contributed by atoms with van der Waals surface area (Å²) < 4.78 is 0. The molecular weight excluding hydrogens is 198 g/mol. The lowest BCUT2D eigenvalue weighted by molar-refractivity contribution is 0.277. The second kappa shape index (κ2) is 5.24. The highest BCUT2D eigenvalue weighted by Crippen LogP contribution is 2.06. The molecule has 2 rings (SSSR count). The Balaban J connectivity index is 2.17. The van der Waals surface area contributed by atoms with Gasteiger partial charge in [0.15, 0.2) is 0 Å². The summed E-state index contributed by atoms with van der Waals surface area (Å²) in [7, 11) is 0. The first-order valence-corrected chi connectivity index (χ1v) is 5.18. The quantitative estimate of drug-likeness (QED) is 0.846. The van der Waals surface area contributed by atoms with E-state index in [1.807, 2.05) is 54.6 Å². The predicted molar refractivity (Wildman–Crippen MR) is 65.5 cm³/mol. The normalized spacial score (nSPS) is 10.8. The van der Waals surface area contributed by atoms with Crippen LogP contribution in [0.1, 0.15) is 17.0 Å². The molecule has 0 amide bonds. The summed E-state index contributed by atoms with van der Waals surface area (Å²) in [4.78, 5) is 4.27. The van der Waals surface area contributed by atoms with Crippen LogP contribution in [-0.2, 0) is 6.61 Å². The number of pyridine rings is 1. The van der Waals surface area contributed by atoms with E-state index in [9.17, 15) is 0 Å². The van der Waals surface area contributed by atoms with Gasteiger partial charge in [-0.3, -0.25) is 4.98 Å². The Morgan fingerprint density at radius 1 is 0.938 bits per heavy atom. The van der Waals surface area contributed by atoms with Gasteiger partial charge in [-0.25, -0.2) is 0 Å². The lowest BCUT2D eigenvalue weighted by Crippen LogP contribution is -1.89. The Kier molecular flexibility index (Phi) is 3.46. The van der Waals surface area contributed by atoms with Gasteiger partial charge >= 0.3 is 0 Å². The van der Waals surface area contributed by atoms with Gasteiger partial charge in [-0.2, -0.15) is 0 Å². The van der Waals surface area contributed by atoms with Crippen molar-refractivity contribution < 1.29 is 5.11 Å². The third kappa shape index (κ3) is 2.78. The smallest absolute Gasteiger partial charge is 0.0853 e. The third-order valence-corrected chi connectivity index (χ3v) is 2.24. The van der Waals surface area contributed by atoms with Crippen molar-refractivity contribution in [1.29, 1.82) is 0 Å². The summed E-state index contributed by atoms with van der Waals surface area (Å²) in [5.41, 5.74) is 2.68. The van der Waals surface area contributed by atoms with Crippen LogP contribution in [-0.4, -0.2) is 10.1 Å². The summed E-state index contributed by atoms with van der Waals surface area (Å²) in [5, 5.41) is 8.96. The SMILES string of the molecule is OCc1cccc(/C=C\c2ccccc2)n1. The average Bonchev–Trinajstić information content (AvgIpc) is 2.38. The fraction of sp³-hybridized carbons (Fsp3) is 0.0714. The van der Waals surface area contributed by atoms with Crippen molar-refractivity contribution >= 4 is 12.2 Å². The first-order chi connectivity index (χ1) is 7.88. The molecule has 0 spiro atoms. The summed E-state index contributed by atoms with van der Waals surface area (Å²) in [6.07, 6.45) is 3.94. The van der Waals surface area contributed by atoms with Crippen molar-refractivity contribution in [3.63, 3.8) is 0 Å². The van der Waals surface area contributed by atoms with Crippen LogP contribution in [0.15, 0.2) is 48.5 Å². The molecule has 0 aliphatic carbocycles. The molecule has 0 bridgehead atoms. The number of aromatic nitrogens is 1. The average molecular weight is 211 g/mol. The molecule has 0 saturated carbocycles. The van der Waals surface area contributed by atoms with E-state index in [1.165, 1.54) is 0 Å². The number of hydrogen-bond acceptors (Lipinski definition) is 2. The number of rotatable bonds is 3. The monoisotopic (exact) mass is 211 g/mol. The molecular formula is C14H13NO. The molecule has 0 saturated heterocycles. The molecule has 1 aromatic carbocycles. The molecule has 0 atom stereocenters. The van der Waals surface area contributed by atoms with E-state index in [2.05, 4.69) is 4.98 Å². The molecule has 0 fully saturated rings. The summed E-state index contributed by atoms with van der Waals surface area (Å²) in [6.45, 7) is -0.0208. The van der Waals surface area contributed by atoms with Crippen molar-refractivity contribution in [2.45, 2.75) is 6.61 Å². The van der Waals surface area contributed by atoms with Crippen molar-refractivity contribution in [1.82, 2.24) is 4.98 Å². The molecule has 0 aliphatic heterocycles. The number of hydrogen-bond donors (Lipinski definition) is 1. The van der Waals surface area contributed by atoms with E-state index in [-0.39, 0.29) is 6.61 Å². The fourth-order valence-corrected chi connectivity index (χ4v) is 1.42.